The minimum atomic E-state index is -0.419. The Morgan fingerprint density at radius 2 is 2.15 bits per heavy atom. The van der Waals surface area contributed by atoms with E-state index in [1.165, 1.54) is 13.2 Å². The Bertz CT molecular complexity index is 245. The summed E-state index contributed by atoms with van der Waals surface area (Å²) in [7, 11) is 1.32. The van der Waals surface area contributed by atoms with Crippen molar-refractivity contribution in [3.63, 3.8) is 0 Å². The number of amides is 1. The third-order valence-corrected chi connectivity index (χ3v) is 1.89. The first-order valence-corrected chi connectivity index (χ1v) is 4.31. The standard InChI is InChI=1S/C9H13NO3/c1-13-9(12)6-7-4-2-3-5-8(11)10-7/h6H,2-5H2,1H3,(H,10,11)/b7-6-. The molecule has 0 unspecified atom stereocenters. The predicted octanol–water partition coefficient (Wildman–Crippen LogP) is 0.733. The highest BCUT2D eigenvalue weighted by molar-refractivity contribution is 5.85. The van der Waals surface area contributed by atoms with E-state index in [1.807, 2.05) is 0 Å². The fourth-order valence-electron chi connectivity index (χ4n) is 1.21. The van der Waals surface area contributed by atoms with Gasteiger partial charge in [0.15, 0.2) is 0 Å². The largest absolute Gasteiger partial charge is 0.466 e. The minimum absolute atomic E-state index is 0.0207. The van der Waals surface area contributed by atoms with E-state index in [9.17, 15) is 9.59 Å². The van der Waals surface area contributed by atoms with Gasteiger partial charge in [0, 0.05) is 18.2 Å². The van der Waals surface area contributed by atoms with Crippen LogP contribution < -0.4 is 5.32 Å². The highest BCUT2D eigenvalue weighted by Crippen LogP contribution is 2.11. The summed E-state index contributed by atoms with van der Waals surface area (Å²) in [6.07, 6.45) is 4.43. The Kier molecular flexibility index (Phi) is 3.49. The number of carbonyl (C=O) groups is 2. The predicted molar refractivity (Wildman–Crippen MR) is 46.7 cm³/mol. The maximum absolute atomic E-state index is 11.1. The second-order valence-corrected chi connectivity index (χ2v) is 2.95. The maximum Gasteiger partial charge on any atom is 0.332 e. The Labute approximate surface area is 76.9 Å². The molecule has 1 rings (SSSR count). The second kappa shape index (κ2) is 4.64. The molecule has 1 fully saturated rings. The summed E-state index contributed by atoms with van der Waals surface area (Å²) in [5, 5.41) is 2.67. The van der Waals surface area contributed by atoms with E-state index >= 15 is 0 Å². The van der Waals surface area contributed by atoms with E-state index in [0.29, 0.717) is 12.1 Å². The monoisotopic (exact) mass is 183 g/mol. The third kappa shape index (κ3) is 3.27. The molecule has 0 atom stereocenters. The van der Waals surface area contributed by atoms with Gasteiger partial charge in [-0.1, -0.05) is 0 Å². The Balaban J connectivity index is 2.61. The number of rotatable bonds is 1. The SMILES string of the molecule is COC(=O)/C=C1/CCCCC(=O)N1. The van der Waals surface area contributed by atoms with Gasteiger partial charge in [0.2, 0.25) is 5.91 Å². The van der Waals surface area contributed by atoms with Gasteiger partial charge in [-0.05, 0) is 19.3 Å². The zero-order valence-corrected chi connectivity index (χ0v) is 7.63. The van der Waals surface area contributed by atoms with Crippen molar-refractivity contribution in [2.24, 2.45) is 0 Å². The van der Waals surface area contributed by atoms with Crippen LogP contribution in [0, 0.1) is 0 Å². The smallest absolute Gasteiger partial charge is 0.332 e. The van der Waals surface area contributed by atoms with Gasteiger partial charge in [0.05, 0.1) is 7.11 Å². The van der Waals surface area contributed by atoms with Crippen molar-refractivity contribution in [1.29, 1.82) is 0 Å². The fraction of sp³-hybridized carbons (Fsp3) is 0.556. The van der Waals surface area contributed by atoms with Gasteiger partial charge >= 0.3 is 5.97 Å². The van der Waals surface area contributed by atoms with Crippen LogP contribution in [0.15, 0.2) is 11.8 Å². The fourth-order valence-corrected chi connectivity index (χ4v) is 1.21. The van der Waals surface area contributed by atoms with Crippen molar-refractivity contribution in [3.05, 3.63) is 11.8 Å². The van der Waals surface area contributed by atoms with Crippen molar-refractivity contribution in [1.82, 2.24) is 5.32 Å². The molecule has 0 aliphatic carbocycles. The molecule has 0 aromatic rings. The average molecular weight is 183 g/mol. The van der Waals surface area contributed by atoms with Crippen molar-refractivity contribution >= 4 is 11.9 Å². The van der Waals surface area contributed by atoms with Crippen LogP contribution in [0.1, 0.15) is 25.7 Å². The quantitative estimate of drug-likeness (QED) is 0.481. The normalized spacial score (nSPS) is 20.7. The van der Waals surface area contributed by atoms with Crippen molar-refractivity contribution in [2.45, 2.75) is 25.7 Å². The zero-order chi connectivity index (χ0) is 9.68. The molecule has 0 spiro atoms. The Morgan fingerprint density at radius 1 is 1.46 bits per heavy atom. The van der Waals surface area contributed by atoms with E-state index in [4.69, 9.17) is 0 Å². The molecule has 1 N–H and O–H groups in total. The van der Waals surface area contributed by atoms with Crippen LogP contribution in [0.2, 0.25) is 0 Å². The van der Waals surface area contributed by atoms with Crippen LogP contribution in [0.5, 0.6) is 0 Å². The zero-order valence-electron chi connectivity index (χ0n) is 7.63. The molecule has 0 radical (unpaired) electrons. The molecule has 13 heavy (non-hydrogen) atoms. The topological polar surface area (TPSA) is 55.4 Å². The van der Waals surface area contributed by atoms with E-state index in [0.717, 1.165) is 19.3 Å². The van der Waals surface area contributed by atoms with E-state index in [-0.39, 0.29) is 5.91 Å². The van der Waals surface area contributed by atoms with Gasteiger partial charge in [0.1, 0.15) is 0 Å². The third-order valence-electron chi connectivity index (χ3n) is 1.89. The second-order valence-electron chi connectivity index (χ2n) is 2.95. The molecular formula is C9H13NO3. The van der Waals surface area contributed by atoms with Gasteiger partial charge < -0.3 is 10.1 Å². The molecule has 1 heterocycles. The summed E-state index contributed by atoms with van der Waals surface area (Å²) in [4.78, 5) is 21.9. The van der Waals surface area contributed by atoms with Gasteiger partial charge in [-0.25, -0.2) is 4.79 Å². The average Bonchev–Trinajstić information content (AvgIpc) is 2.30. The van der Waals surface area contributed by atoms with Crippen LogP contribution in [0.3, 0.4) is 0 Å². The minimum Gasteiger partial charge on any atom is -0.466 e. The van der Waals surface area contributed by atoms with Gasteiger partial charge in [-0.2, -0.15) is 0 Å². The molecule has 0 aromatic carbocycles. The first-order valence-electron chi connectivity index (χ1n) is 4.31. The number of hydrogen-bond donors (Lipinski definition) is 1. The number of carbonyl (C=O) groups excluding carboxylic acids is 2. The summed E-state index contributed by atoms with van der Waals surface area (Å²) in [5.41, 5.74) is 0.661. The van der Waals surface area contributed by atoms with Gasteiger partial charge in [0.25, 0.3) is 0 Å². The molecule has 1 amide bonds. The molecular weight excluding hydrogens is 170 g/mol. The summed E-state index contributed by atoms with van der Waals surface area (Å²) < 4.78 is 4.46. The van der Waals surface area contributed by atoms with Crippen LogP contribution in [0.25, 0.3) is 0 Å². The van der Waals surface area contributed by atoms with Crippen molar-refractivity contribution in [3.8, 4) is 0 Å². The number of ether oxygens (including phenoxy) is 1. The highest BCUT2D eigenvalue weighted by Gasteiger charge is 2.11. The number of methoxy groups -OCH3 is 1. The molecule has 1 aliphatic heterocycles. The van der Waals surface area contributed by atoms with Crippen LogP contribution >= 0.6 is 0 Å². The molecule has 4 heteroatoms. The van der Waals surface area contributed by atoms with Crippen LogP contribution in [0.4, 0.5) is 0 Å². The Morgan fingerprint density at radius 3 is 2.85 bits per heavy atom. The summed E-state index contributed by atoms with van der Waals surface area (Å²) in [5.74, 6) is -0.440. The molecule has 1 aliphatic rings. The van der Waals surface area contributed by atoms with E-state index < -0.39 is 5.97 Å². The number of esters is 1. The Hall–Kier alpha value is -1.32. The van der Waals surface area contributed by atoms with Crippen molar-refractivity contribution in [2.75, 3.05) is 7.11 Å². The molecule has 0 bridgehead atoms. The van der Waals surface area contributed by atoms with Crippen molar-refractivity contribution < 1.29 is 14.3 Å². The molecule has 4 nitrogen and oxygen atoms in total. The van der Waals surface area contributed by atoms with Crippen LogP contribution in [-0.2, 0) is 14.3 Å². The molecule has 0 saturated carbocycles. The number of hydrogen-bond acceptors (Lipinski definition) is 3. The highest BCUT2D eigenvalue weighted by atomic mass is 16.5. The van der Waals surface area contributed by atoms with Gasteiger partial charge in [-0.3, -0.25) is 4.79 Å². The van der Waals surface area contributed by atoms with E-state index in [2.05, 4.69) is 10.1 Å². The van der Waals surface area contributed by atoms with Gasteiger partial charge in [-0.15, -0.1) is 0 Å². The van der Waals surface area contributed by atoms with E-state index in [1.54, 1.807) is 0 Å². The number of allylic oxidation sites excluding steroid dienone is 1. The van der Waals surface area contributed by atoms with Crippen LogP contribution in [-0.4, -0.2) is 19.0 Å². The first-order chi connectivity index (χ1) is 6.22. The lowest BCUT2D eigenvalue weighted by Gasteiger charge is -2.03. The lowest BCUT2D eigenvalue weighted by Crippen LogP contribution is -2.20. The molecule has 72 valence electrons. The molecule has 0 aromatic heterocycles. The lowest BCUT2D eigenvalue weighted by molar-refractivity contribution is -0.134. The number of nitrogens with one attached hydrogen (secondary N) is 1. The summed E-state index contributed by atoms with van der Waals surface area (Å²) >= 11 is 0. The molecule has 1 saturated heterocycles. The lowest BCUT2D eigenvalue weighted by atomic mass is 10.2. The summed E-state index contributed by atoms with van der Waals surface area (Å²) in [6, 6.07) is 0. The first kappa shape index (κ1) is 9.77. The maximum atomic E-state index is 11.1. The summed E-state index contributed by atoms with van der Waals surface area (Å²) in [6.45, 7) is 0.